The van der Waals surface area contributed by atoms with Crippen LogP contribution in [-0.4, -0.2) is 34.7 Å². The molecule has 2 aromatic heterocycles. The summed E-state index contributed by atoms with van der Waals surface area (Å²) >= 11 is 8.19. The first kappa shape index (κ1) is 22.7. The number of carbonyl (C=O) groups excluding carboxylic acids is 1. The zero-order valence-electron chi connectivity index (χ0n) is 18.0. The topological polar surface area (TPSA) is 82.3 Å². The largest absolute Gasteiger partial charge is 0.375 e. The normalized spacial score (nSPS) is 18.0. The van der Waals surface area contributed by atoms with E-state index in [0.29, 0.717) is 10.8 Å². The maximum atomic E-state index is 11.8. The summed E-state index contributed by atoms with van der Waals surface area (Å²) in [5.41, 5.74) is 6.01. The van der Waals surface area contributed by atoms with Crippen LogP contribution in [0.15, 0.2) is 48.7 Å². The van der Waals surface area contributed by atoms with Gasteiger partial charge in [-0.3, -0.25) is 9.78 Å². The Morgan fingerprint density at radius 1 is 1.22 bits per heavy atom. The molecule has 9 heteroatoms. The van der Waals surface area contributed by atoms with E-state index in [9.17, 15) is 4.79 Å². The molecule has 1 aliphatic heterocycles. The van der Waals surface area contributed by atoms with Crippen LogP contribution in [0.2, 0.25) is 0 Å². The molecule has 166 valence electrons. The highest BCUT2D eigenvalue weighted by Crippen LogP contribution is 2.44. The number of anilines is 2. The van der Waals surface area contributed by atoms with E-state index in [-0.39, 0.29) is 24.6 Å². The zero-order chi connectivity index (χ0) is 22.8. The highest BCUT2D eigenvalue weighted by atomic mass is 127. The number of thiocarbonyl (C=S) groups is 1. The number of hydrogen-bond donors (Lipinski definition) is 3. The molecule has 1 aliphatic rings. The zero-order valence-corrected chi connectivity index (χ0v) is 21.0. The number of nitrogens with zero attached hydrogens (tertiary/aromatic N) is 2. The van der Waals surface area contributed by atoms with Gasteiger partial charge in [0.15, 0.2) is 5.11 Å². The lowest BCUT2D eigenvalue weighted by Crippen LogP contribution is -2.29. The number of halogens is 1. The molecule has 3 N–H and O–H groups in total. The summed E-state index contributed by atoms with van der Waals surface area (Å²) in [7, 11) is 1.49. The van der Waals surface area contributed by atoms with Crippen molar-refractivity contribution in [3.8, 4) is 0 Å². The molecule has 1 amide bonds. The average Bonchev–Trinajstić information content (AvgIpc) is 3.24. The Labute approximate surface area is 206 Å². The van der Waals surface area contributed by atoms with E-state index >= 15 is 0 Å². The fourth-order valence-corrected chi connectivity index (χ4v) is 5.29. The van der Waals surface area contributed by atoms with Gasteiger partial charge in [-0.2, -0.15) is 0 Å². The number of methoxy groups -OCH3 is 1. The van der Waals surface area contributed by atoms with Gasteiger partial charge in [0.2, 0.25) is 5.91 Å². The molecule has 0 radical (unpaired) electrons. The van der Waals surface area contributed by atoms with Crippen LogP contribution in [-0.2, 0) is 9.53 Å². The molecule has 1 saturated heterocycles. The molecule has 32 heavy (non-hydrogen) atoms. The van der Waals surface area contributed by atoms with Gasteiger partial charge in [0.1, 0.15) is 6.61 Å². The number of nitrogens with one attached hydrogen (secondary N) is 3. The van der Waals surface area contributed by atoms with Crippen LogP contribution >= 0.6 is 34.8 Å². The summed E-state index contributed by atoms with van der Waals surface area (Å²) in [6, 6.07) is 13.4. The van der Waals surface area contributed by atoms with Crippen LogP contribution in [0.3, 0.4) is 0 Å². The maximum absolute atomic E-state index is 11.8. The van der Waals surface area contributed by atoms with Gasteiger partial charge in [0.05, 0.1) is 17.8 Å². The van der Waals surface area contributed by atoms with Gasteiger partial charge in [0, 0.05) is 45.2 Å². The Morgan fingerprint density at radius 3 is 2.56 bits per heavy atom. The number of pyridine rings is 1. The molecule has 0 spiro atoms. The third-order valence-corrected chi connectivity index (χ3v) is 7.15. The van der Waals surface area contributed by atoms with Gasteiger partial charge in [-0.15, -0.1) is 0 Å². The van der Waals surface area contributed by atoms with Crippen molar-refractivity contribution >= 4 is 57.2 Å². The van der Waals surface area contributed by atoms with Gasteiger partial charge in [-0.25, -0.2) is 0 Å². The quantitative estimate of drug-likeness (QED) is 0.306. The third kappa shape index (κ3) is 4.37. The molecule has 3 aromatic rings. The molecule has 0 aliphatic carbocycles. The van der Waals surface area contributed by atoms with Crippen molar-refractivity contribution in [1.29, 1.82) is 0 Å². The predicted octanol–water partition coefficient (Wildman–Crippen LogP) is 4.39. The van der Waals surface area contributed by atoms with Crippen molar-refractivity contribution in [2.45, 2.75) is 25.9 Å². The number of amides is 1. The number of aromatic nitrogens is 2. The van der Waals surface area contributed by atoms with Crippen molar-refractivity contribution in [2.75, 3.05) is 23.9 Å². The summed E-state index contributed by atoms with van der Waals surface area (Å²) in [4.78, 5) is 22.0. The number of ether oxygens (including phenoxy) is 1. The second-order valence-electron chi connectivity index (χ2n) is 7.63. The summed E-state index contributed by atoms with van der Waals surface area (Å²) in [5, 5.41) is 6.94. The number of hydrogen-bond acceptors (Lipinski definition) is 4. The molecule has 0 saturated carbocycles. The molecular weight excluding hydrogens is 537 g/mol. The minimum Gasteiger partial charge on any atom is -0.375 e. The van der Waals surface area contributed by atoms with Crippen molar-refractivity contribution in [3.05, 3.63) is 74.9 Å². The first-order chi connectivity index (χ1) is 15.4. The molecule has 1 fully saturated rings. The van der Waals surface area contributed by atoms with Crippen LogP contribution in [0.5, 0.6) is 0 Å². The molecule has 3 heterocycles. The Balaban J connectivity index is 1.74. The number of rotatable bonds is 6. The lowest BCUT2D eigenvalue weighted by atomic mass is 9.96. The first-order valence-corrected chi connectivity index (χ1v) is 11.6. The standard InChI is InChI=1S/C23H24IN5O2S/c1-13-19(20(24)14(2)26-13)22-21(17-6-4-5-11-25-17)28-23(32)29(22)16-9-7-15(8-10-16)27-18(30)12-31-3/h4-11,21-22,26H,12H2,1-3H3,(H,27,30)(H,28,32). The molecule has 2 unspecified atom stereocenters. The van der Waals surface area contributed by atoms with Crippen molar-refractivity contribution < 1.29 is 9.53 Å². The van der Waals surface area contributed by atoms with E-state index in [1.807, 2.05) is 42.5 Å². The monoisotopic (exact) mass is 561 g/mol. The van der Waals surface area contributed by atoms with Gasteiger partial charge >= 0.3 is 0 Å². The molecule has 1 aromatic carbocycles. The molecule has 7 nitrogen and oxygen atoms in total. The van der Waals surface area contributed by atoms with Gasteiger partial charge < -0.3 is 25.3 Å². The highest BCUT2D eigenvalue weighted by Gasteiger charge is 2.42. The van der Waals surface area contributed by atoms with Crippen LogP contribution in [0.1, 0.15) is 34.7 Å². The van der Waals surface area contributed by atoms with E-state index in [1.165, 1.54) is 16.2 Å². The summed E-state index contributed by atoms with van der Waals surface area (Å²) < 4.78 is 6.07. The lowest BCUT2D eigenvalue weighted by molar-refractivity contribution is -0.119. The number of aryl methyl sites for hydroxylation is 2. The van der Waals surface area contributed by atoms with E-state index < -0.39 is 0 Å². The third-order valence-electron chi connectivity index (χ3n) is 5.44. The SMILES string of the molecule is COCC(=O)Nc1ccc(N2C(=S)NC(c3ccccn3)C2c2c(C)[nH]c(C)c2I)cc1. The van der Waals surface area contributed by atoms with Crippen LogP contribution in [0.25, 0.3) is 0 Å². The molecule has 4 rings (SSSR count). The summed E-state index contributed by atoms with van der Waals surface area (Å²) in [6.45, 7) is 4.19. The first-order valence-electron chi connectivity index (χ1n) is 10.1. The summed E-state index contributed by atoms with van der Waals surface area (Å²) in [6.07, 6.45) is 1.80. The van der Waals surface area contributed by atoms with Crippen molar-refractivity contribution in [1.82, 2.24) is 15.3 Å². The summed E-state index contributed by atoms with van der Waals surface area (Å²) in [5.74, 6) is -0.195. The van der Waals surface area contributed by atoms with E-state index in [2.05, 4.69) is 61.9 Å². The van der Waals surface area contributed by atoms with E-state index in [1.54, 1.807) is 6.20 Å². The van der Waals surface area contributed by atoms with Crippen molar-refractivity contribution in [2.24, 2.45) is 0 Å². The van der Waals surface area contributed by atoms with E-state index in [0.717, 1.165) is 22.8 Å². The minimum absolute atomic E-state index is 0.0142. The Morgan fingerprint density at radius 2 is 1.97 bits per heavy atom. The van der Waals surface area contributed by atoms with Crippen LogP contribution < -0.4 is 15.5 Å². The van der Waals surface area contributed by atoms with E-state index in [4.69, 9.17) is 17.0 Å². The highest BCUT2D eigenvalue weighted by molar-refractivity contribution is 14.1. The van der Waals surface area contributed by atoms with Gasteiger partial charge in [-0.05, 0) is 85.1 Å². The van der Waals surface area contributed by atoms with Crippen LogP contribution in [0, 0.1) is 17.4 Å². The maximum Gasteiger partial charge on any atom is 0.250 e. The number of H-pyrrole nitrogens is 1. The van der Waals surface area contributed by atoms with Crippen LogP contribution in [0.4, 0.5) is 11.4 Å². The Kier molecular flexibility index (Phi) is 6.77. The van der Waals surface area contributed by atoms with Crippen molar-refractivity contribution in [3.63, 3.8) is 0 Å². The second kappa shape index (κ2) is 9.55. The molecule has 2 atom stereocenters. The average molecular weight is 561 g/mol. The number of benzene rings is 1. The van der Waals surface area contributed by atoms with Gasteiger partial charge in [0.25, 0.3) is 0 Å². The number of carbonyl (C=O) groups is 1. The lowest BCUT2D eigenvalue weighted by Gasteiger charge is -2.28. The predicted molar refractivity (Wildman–Crippen MR) is 138 cm³/mol. The minimum atomic E-state index is -0.195. The molecule has 0 bridgehead atoms. The smallest absolute Gasteiger partial charge is 0.250 e. The van der Waals surface area contributed by atoms with Gasteiger partial charge in [-0.1, -0.05) is 6.07 Å². The second-order valence-corrected chi connectivity index (χ2v) is 9.09. The number of aromatic amines is 1. The fourth-order valence-electron chi connectivity index (χ4n) is 4.08. The molecular formula is C23H24IN5O2S. The fraction of sp³-hybridized carbons (Fsp3) is 0.261. The Hall–Kier alpha value is -2.50. The Bertz CT molecular complexity index is 1130.